The second kappa shape index (κ2) is 6.92. The highest BCUT2D eigenvalue weighted by Gasteiger charge is 2.23. The molecule has 1 aromatic carbocycles. The van der Waals surface area contributed by atoms with Crippen LogP contribution in [0.25, 0.3) is 0 Å². The quantitative estimate of drug-likeness (QED) is 0.757. The molecule has 0 spiro atoms. The Hall–Kier alpha value is -1.06. The van der Waals surface area contributed by atoms with Gasteiger partial charge in [0.1, 0.15) is 5.75 Å². The van der Waals surface area contributed by atoms with Gasteiger partial charge < -0.3 is 15.2 Å². The minimum absolute atomic E-state index is 0.169. The maximum absolute atomic E-state index is 9.28. The van der Waals surface area contributed by atoms with E-state index in [9.17, 15) is 5.11 Å². The fourth-order valence-electron chi connectivity index (χ4n) is 2.08. The summed E-state index contributed by atoms with van der Waals surface area (Å²) in [6, 6.07) is 9.08. The zero-order valence-corrected chi connectivity index (χ0v) is 11.9. The summed E-state index contributed by atoms with van der Waals surface area (Å²) < 4.78 is 5.72. The van der Waals surface area contributed by atoms with Gasteiger partial charge in [-0.1, -0.05) is 26.0 Å². The van der Waals surface area contributed by atoms with Crippen LogP contribution < -0.4 is 10.1 Å². The van der Waals surface area contributed by atoms with Crippen LogP contribution in [-0.4, -0.2) is 30.4 Å². The Morgan fingerprint density at radius 2 is 1.95 bits per heavy atom. The van der Waals surface area contributed by atoms with Crippen molar-refractivity contribution in [2.45, 2.75) is 51.1 Å². The van der Waals surface area contributed by atoms with Crippen LogP contribution in [0.3, 0.4) is 0 Å². The first kappa shape index (κ1) is 14.4. The predicted molar refractivity (Wildman–Crippen MR) is 77.7 cm³/mol. The summed E-state index contributed by atoms with van der Waals surface area (Å²) in [4.78, 5) is 0. The third kappa shape index (κ3) is 4.84. The highest BCUT2D eigenvalue weighted by Crippen LogP contribution is 2.21. The number of aliphatic hydroxyl groups is 1. The largest absolute Gasteiger partial charge is 0.494 e. The van der Waals surface area contributed by atoms with Crippen molar-refractivity contribution < 1.29 is 9.84 Å². The monoisotopic (exact) mass is 263 g/mol. The summed E-state index contributed by atoms with van der Waals surface area (Å²) in [5, 5.41) is 12.7. The number of nitrogens with one attached hydrogen (secondary N) is 1. The zero-order valence-electron chi connectivity index (χ0n) is 11.9. The second-order valence-corrected chi connectivity index (χ2v) is 5.68. The van der Waals surface area contributed by atoms with Gasteiger partial charge in [-0.2, -0.15) is 0 Å². The topological polar surface area (TPSA) is 41.5 Å². The van der Waals surface area contributed by atoms with Crippen LogP contribution in [0.4, 0.5) is 0 Å². The summed E-state index contributed by atoms with van der Waals surface area (Å²) in [6.07, 6.45) is 3.33. The molecule has 2 N–H and O–H groups in total. The van der Waals surface area contributed by atoms with Crippen molar-refractivity contribution in [3.63, 3.8) is 0 Å². The van der Waals surface area contributed by atoms with Gasteiger partial charge in [0.25, 0.3) is 0 Å². The molecule has 0 bridgehead atoms. The number of hydrogen-bond donors (Lipinski definition) is 2. The van der Waals surface area contributed by atoms with Gasteiger partial charge in [0.15, 0.2) is 0 Å². The molecule has 0 aliphatic heterocycles. The smallest absolute Gasteiger partial charge is 0.119 e. The van der Waals surface area contributed by atoms with E-state index in [-0.39, 0.29) is 12.6 Å². The van der Waals surface area contributed by atoms with E-state index in [1.807, 2.05) is 12.1 Å². The van der Waals surface area contributed by atoms with Crippen molar-refractivity contribution in [2.24, 2.45) is 0 Å². The molecular weight excluding hydrogens is 238 g/mol. The van der Waals surface area contributed by atoms with Crippen molar-refractivity contribution in [3.8, 4) is 5.75 Å². The molecule has 1 saturated carbocycles. The summed E-state index contributed by atoms with van der Waals surface area (Å²) >= 11 is 0. The number of benzene rings is 1. The fourth-order valence-corrected chi connectivity index (χ4v) is 2.08. The minimum atomic E-state index is 0.169. The Morgan fingerprint density at radius 1 is 1.26 bits per heavy atom. The molecule has 1 atom stereocenters. The highest BCUT2D eigenvalue weighted by atomic mass is 16.5. The number of aliphatic hydroxyl groups excluding tert-OH is 1. The summed E-state index contributed by atoms with van der Waals surface area (Å²) in [5.74, 6) is 1.46. The average Bonchev–Trinajstić information content (AvgIpc) is 3.22. The van der Waals surface area contributed by atoms with E-state index in [1.165, 1.54) is 18.4 Å². The van der Waals surface area contributed by atoms with Gasteiger partial charge >= 0.3 is 0 Å². The van der Waals surface area contributed by atoms with Crippen molar-refractivity contribution in [1.29, 1.82) is 0 Å². The van der Waals surface area contributed by atoms with Crippen LogP contribution in [0.5, 0.6) is 5.75 Å². The van der Waals surface area contributed by atoms with E-state index in [0.717, 1.165) is 12.2 Å². The SMILES string of the molecule is CC(C)c1ccc(OCCC(CO)NC2CC2)cc1. The van der Waals surface area contributed by atoms with E-state index in [4.69, 9.17) is 4.74 Å². The maximum Gasteiger partial charge on any atom is 0.119 e. The molecular formula is C16H25NO2. The molecule has 0 aromatic heterocycles. The molecule has 0 heterocycles. The lowest BCUT2D eigenvalue weighted by atomic mass is 10.0. The standard InChI is InChI=1S/C16H25NO2/c1-12(2)13-3-7-16(8-4-13)19-10-9-15(11-18)17-14-5-6-14/h3-4,7-8,12,14-15,17-18H,5-6,9-11H2,1-2H3. The first-order chi connectivity index (χ1) is 9.19. The molecule has 0 radical (unpaired) electrons. The summed E-state index contributed by atoms with van der Waals surface area (Å²) in [7, 11) is 0. The normalized spacial score (nSPS) is 16.6. The highest BCUT2D eigenvalue weighted by molar-refractivity contribution is 5.28. The Labute approximate surface area is 116 Å². The second-order valence-electron chi connectivity index (χ2n) is 5.68. The molecule has 2 rings (SSSR count). The van der Waals surface area contributed by atoms with Crippen LogP contribution in [0.15, 0.2) is 24.3 Å². The number of hydrogen-bond acceptors (Lipinski definition) is 3. The van der Waals surface area contributed by atoms with Crippen LogP contribution in [0.2, 0.25) is 0 Å². The lowest BCUT2D eigenvalue weighted by molar-refractivity contribution is 0.207. The van der Waals surface area contributed by atoms with Gasteiger partial charge in [0.05, 0.1) is 13.2 Å². The van der Waals surface area contributed by atoms with Crippen LogP contribution >= 0.6 is 0 Å². The zero-order chi connectivity index (χ0) is 13.7. The fraction of sp³-hybridized carbons (Fsp3) is 0.625. The van der Waals surface area contributed by atoms with Gasteiger partial charge in [0.2, 0.25) is 0 Å². The van der Waals surface area contributed by atoms with E-state index in [1.54, 1.807) is 0 Å². The predicted octanol–water partition coefficient (Wildman–Crippen LogP) is 2.69. The van der Waals surface area contributed by atoms with Gasteiger partial charge in [0, 0.05) is 12.1 Å². The molecule has 0 amide bonds. The molecule has 1 aliphatic carbocycles. The third-order valence-electron chi connectivity index (χ3n) is 3.55. The molecule has 0 saturated heterocycles. The van der Waals surface area contributed by atoms with Crippen molar-refractivity contribution >= 4 is 0 Å². The molecule has 1 aliphatic rings. The van der Waals surface area contributed by atoms with Gasteiger partial charge in [-0.15, -0.1) is 0 Å². The van der Waals surface area contributed by atoms with Gasteiger partial charge in [-0.3, -0.25) is 0 Å². The van der Waals surface area contributed by atoms with Gasteiger partial charge in [-0.25, -0.2) is 0 Å². The van der Waals surface area contributed by atoms with Crippen molar-refractivity contribution in [1.82, 2.24) is 5.32 Å². The molecule has 1 fully saturated rings. The van der Waals surface area contributed by atoms with Gasteiger partial charge in [-0.05, 0) is 42.9 Å². The molecule has 1 aromatic rings. The Morgan fingerprint density at radius 3 is 2.47 bits per heavy atom. The Kier molecular flexibility index (Phi) is 5.23. The molecule has 3 nitrogen and oxygen atoms in total. The molecule has 19 heavy (non-hydrogen) atoms. The van der Waals surface area contributed by atoms with Crippen molar-refractivity contribution in [2.75, 3.05) is 13.2 Å². The Bertz CT molecular complexity index is 371. The van der Waals surface area contributed by atoms with Crippen LogP contribution in [-0.2, 0) is 0 Å². The average molecular weight is 263 g/mol. The van der Waals surface area contributed by atoms with E-state index >= 15 is 0 Å². The number of ether oxygens (including phenoxy) is 1. The molecule has 106 valence electrons. The van der Waals surface area contributed by atoms with E-state index < -0.39 is 0 Å². The first-order valence-electron chi connectivity index (χ1n) is 7.28. The van der Waals surface area contributed by atoms with Crippen LogP contribution in [0, 0.1) is 0 Å². The first-order valence-corrected chi connectivity index (χ1v) is 7.28. The Balaban J connectivity index is 1.71. The molecule has 3 heteroatoms. The summed E-state index contributed by atoms with van der Waals surface area (Å²) in [6.45, 7) is 5.20. The van der Waals surface area contributed by atoms with Crippen molar-refractivity contribution in [3.05, 3.63) is 29.8 Å². The maximum atomic E-state index is 9.28. The lowest BCUT2D eigenvalue weighted by Crippen LogP contribution is -2.35. The third-order valence-corrected chi connectivity index (χ3v) is 3.55. The minimum Gasteiger partial charge on any atom is -0.494 e. The lowest BCUT2D eigenvalue weighted by Gasteiger charge is -2.16. The molecule has 1 unspecified atom stereocenters. The van der Waals surface area contributed by atoms with E-state index in [2.05, 4.69) is 31.3 Å². The van der Waals surface area contributed by atoms with E-state index in [0.29, 0.717) is 18.6 Å². The number of rotatable bonds is 8. The van der Waals surface area contributed by atoms with Crippen LogP contribution in [0.1, 0.15) is 44.6 Å². The summed E-state index contributed by atoms with van der Waals surface area (Å²) in [5.41, 5.74) is 1.33.